The molecule has 0 radical (unpaired) electrons. The SMILES string of the molecule is Cc1ccc(CC(=O)C2CC3CCCC(C2)N3Cc2ccccc2)c(F)c1F. The topological polar surface area (TPSA) is 20.3 Å². The van der Waals surface area contributed by atoms with Crippen LogP contribution in [0.3, 0.4) is 0 Å². The number of Topliss-reactive ketones (excluding diaryl/α,β-unsaturated/α-hetero) is 1. The normalized spacial score (nSPS) is 24.9. The Labute approximate surface area is 165 Å². The zero-order chi connectivity index (χ0) is 19.7. The third kappa shape index (κ3) is 3.88. The highest BCUT2D eigenvalue weighted by molar-refractivity contribution is 5.83. The average molecular weight is 383 g/mol. The zero-order valence-corrected chi connectivity index (χ0v) is 16.3. The van der Waals surface area contributed by atoms with Gasteiger partial charge in [-0.25, -0.2) is 8.78 Å². The van der Waals surface area contributed by atoms with E-state index in [0.717, 1.165) is 32.2 Å². The molecule has 148 valence electrons. The van der Waals surface area contributed by atoms with Gasteiger partial charge in [0.05, 0.1) is 0 Å². The Kier molecular flexibility index (Phi) is 5.58. The number of ketones is 1. The molecule has 0 aromatic heterocycles. The highest BCUT2D eigenvalue weighted by Crippen LogP contribution is 2.38. The number of carbonyl (C=O) groups excluding carboxylic acids is 1. The number of hydrogen-bond donors (Lipinski definition) is 0. The van der Waals surface area contributed by atoms with Gasteiger partial charge >= 0.3 is 0 Å². The van der Waals surface area contributed by atoms with E-state index >= 15 is 0 Å². The van der Waals surface area contributed by atoms with Crippen LogP contribution in [0.4, 0.5) is 8.78 Å². The summed E-state index contributed by atoms with van der Waals surface area (Å²) in [6.07, 6.45) is 5.09. The fraction of sp³-hybridized carbons (Fsp3) is 0.458. The van der Waals surface area contributed by atoms with Crippen molar-refractivity contribution in [2.45, 2.75) is 64.1 Å². The van der Waals surface area contributed by atoms with Gasteiger partial charge in [-0.2, -0.15) is 0 Å². The maximum atomic E-state index is 14.2. The Morgan fingerprint density at radius 1 is 1.00 bits per heavy atom. The van der Waals surface area contributed by atoms with Crippen molar-refractivity contribution >= 4 is 5.78 Å². The van der Waals surface area contributed by atoms with E-state index in [1.807, 2.05) is 6.07 Å². The van der Waals surface area contributed by atoms with Crippen LogP contribution in [0.1, 0.15) is 48.8 Å². The molecule has 2 atom stereocenters. The van der Waals surface area contributed by atoms with Gasteiger partial charge in [0, 0.05) is 31.0 Å². The van der Waals surface area contributed by atoms with E-state index < -0.39 is 11.6 Å². The van der Waals surface area contributed by atoms with Gasteiger partial charge in [0.15, 0.2) is 11.6 Å². The molecule has 4 heteroatoms. The van der Waals surface area contributed by atoms with Crippen molar-refractivity contribution in [3.8, 4) is 0 Å². The number of piperidine rings is 2. The van der Waals surface area contributed by atoms with E-state index in [1.54, 1.807) is 12.1 Å². The lowest BCUT2D eigenvalue weighted by atomic mass is 9.75. The molecule has 2 heterocycles. The van der Waals surface area contributed by atoms with E-state index in [4.69, 9.17) is 0 Å². The van der Waals surface area contributed by atoms with E-state index in [9.17, 15) is 13.6 Å². The van der Waals surface area contributed by atoms with Gasteiger partial charge in [0.2, 0.25) is 0 Å². The standard InChI is InChI=1S/C24H27F2NO/c1-16-10-11-18(24(26)23(16)25)14-22(28)19-12-20-8-5-9-21(13-19)27(20)15-17-6-3-2-4-7-17/h2-4,6-7,10-11,19-21H,5,8-9,12-15H2,1H3. The summed E-state index contributed by atoms with van der Waals surface area (Å²) in [5.41, 5.74) is 1.77. The molecule has 2 aliphatic rings. The summed E-state index contributed by atoms with van der Waals surface area (Å²) in [5, 5.41) is 0. The van der Waals surface area contributed by atoms with Crippen molar-refractivity contribution in [3.05, 3.63) is 70.8 Å². The fourth-order valence-corrected chi connectivity index (χ4v) is 4.95. The van der Waals surface area contributed by atoms with Gasteiger partial charge in [-0.05, 0) is 49.3 Å². The number of benzene rings is 2. The van der Waals surface area contributed by atoms with Crippen LogP contribution >= 0.6 is 0 Å². The van der Waals surface area contributed by atoms with E-state index in [0.29, 0.717) is 12.1 Å². The highest BCUT2D eigenvalue weighted by Gasteiger charge is 2.40. The molecule has 2 aromatic carbocycles. The van der Waals surface area contributed by atoms with Crippen LogP contribution in [0.15, 0.2) is 42.5 Å². The minimum absolute atomic E-state index is 0.00811. The van der Waals surface area contributed by atoms with Gasteiger partial charge in [-0.15, -0.1) is 0 Å². The molecular weight excluding hydrogens is 356 g/mol. The summed E-state index contributed by atoms with van der Waals surface area (Å²) in [7, 11) is 0. The molecule has 0 amide bonds. The first-order valence-electron chi connectivity index (χ1n) is 10.3. The third-order valence-corrected chi connectivity index (χ3v) is 6.51. The molecule has 0 aliphatic carbocycles. The van der Waals surface area contributed by atoms with E-state index in [1.165, 1.54) is 18.9 Å². The lowest BCUT2D eigenvalue weighted by Crippen LogP contribution is -2.52. The monoisotopic (exact) mass is 383 g/mol. The fourth-order valence-electron chi connectivity index (χ4n) is 4.95. The minimum atomic E-state index is -0.866. The first-order chi connectivity index (χ1) is 13.5. The van der Waals surface area contributed by atoms with Crippen molar-refractivity contribution in [1.29, 1.82) is 0 Å². The number of nitrogens with zero attached hydrogens (tertiary/aromatic N) is 1. The van der Waals surface area contributed by atoms with Gasteiger partial charge < -0.3 is 0 Å². The van der Waals surface area contributed by atoms with Gasteiger partial charge in [-0.3, -0.25) is 9.69 Å². The Hall–Kier alpha value is -2.07. The van der Waals surface area contributed by atoms with Crippen molar-refractivity contribution in [3.63, 3.8) is 0 Å². The lowest BCUT2D eigenvalue weighted by molar-refractivity contribution is -0.126. The second-order valence-corrected chi connectivity index (χ2v) is 8.38. The van der Waals surface area contributed by atoms with Gasteiger partial charge in [0.25, 0.3) is 0 Å². The Bertz CT molecular complexity index is 837. The molecule has 2 aliphatic heterocycles. The molecule has 0 N–H and O–H groups in total. The Morgan fingerprint density at radius 3 is 2.36 bits per heavy atom. The molecule has 0 spiro atoms. The summed E-state index contributed by atoms with van der Waals surface area (Å²) in [4.78, 5) is 15.5. The van der Waals surface area contributed by atoms with Crippen molar-refractivity contribution in [1.82, 2.24) is 4.90 Å². The zero-order valence-electron chi connectivity index (χ0n) is 16.3. The first-order valence-corrected chi connectivity index (χ1v) is 10.3. The quantitative estimate of drug-likeness (QED) is 0.706. The highest BCUT2D eigenvalue weighted by atomic mass is 19.2. The second kappa shape index (κ2) is 8.12. The molecule has 2 bridgehead atoms. The number of fused-ring (bicyclic) bond motifs is 2. The molecule has 2 nitrogen and oxygen atoms in total. The van der Waals surface area contributed by atoms with Crippen molar-refractivity contribution in [2.24, 2.45) is 5.92 Å². The predicted molar refractivity (Wildman–Crippen MR) is 106 cm³/mol. The lowest BCUT2D eigenvalue weighted by Gasteiger charge is -2.48. The first kappa shape index (κ1) is 19.3. The summed E-state index contributed by atoms with van der Waals surface area (Å²) in [6.45, 7) is 2.46. The molecule has 2 fully saturated rings. The molecule has 0 saturated carbocycles. The smallest absolute Gasteiger partial charge is 0.162 e. The summed E-state index contributed by atoms with van der Waals surface area (Å²) >= 11 is 0. The molecule has 2 aromatic rings. The maximum Gasteiger partial charge on any atom is 0.162 e. The van der Waals surface area contributed by atoms with Crippen LogP contribution in [-0.2, 0) is 17.8 Å². The molecule has 4 rings (SSSR count). The van der Waals surface area contributed by atoms with Crippen molar-refractivity contribution in [2.75, 3.05) is 0 Å². The Balaban J connectivity index is 1.45. The van der Waals surface area contributed by atoms with Crippen LogP contribution < -0.4 is 0 Å². The molecule has 28 heavy (non-hydrogen) atoms. The van der Waals surface area contributed by atoms with Crippen LogP contribution in [0.5, 0.6) is 0 Å². The van der Waals surface area contributed by atoms with Crippen LogP contribution in [0.25, 0.3) is 0 Å². The van der Waals surface area contributed by atoms with Crippen molar-refractivity contribution < 1.29 is 13.6 Å². The molecule has 2 unspecified atom stereocenters. The van der Waals surface area contributed by atoms with Gasteiger partial charge in [0.1, 0.15) is 5.78 Å². The largest absolute Gasteiger partial charge is 0.299 e. The van der Waals surface area contributed by atoms with E-state index in [2.05, 4.69) is 29.2 Å². The van der Waals surface area contributed by atoms with Crippen LogP contribution in [0.2, 0.25) is 0 Å². The summed E-state index contributed by atoms with van der Waals surface area (Å²) < 4.78 is 28.0. The summed E-state index contributed by atoms with van der Waals surface area (Å²) in [6, 6.07) is 14.4. The second-order valence-electron chi connectivity index (χ2n) is 8.38. The number of hydrogen-bond acceptors (Lipinski definition) is 2. The maximum absolute atomic E-state index is 14.2. The number of rotatable bonds is 5. The number of halogens is 2. The van der Waals surface area contributed by atoms with Crippen LogP contribution in [-0.4, -0.2) is 22.8 Å². The predicted octanol–water partition coefficient (Wildman–Crippen LogP) is 5.22. The summed E-state index contributed by atoms with van der Waals surface area (Å²) in [5.74, 6) is -1.69. The molecular formula is C24H27F2NO. The third-order valence-electron chi connectivity index (χ3n) is 6.51. The number of carbonyl (C=O) groups is 1. The van der Waals surface area contributed by atoms with Crippen LogP contribution in [0, 0.1) is 24.5 Å². The Morgan fingerprint density at radius 2 is 1.68 bits per heavy atom. The van der Waals surface area contributed by atoms with E-state index in [-0.39, 0.29) is 29.2 Å². The van der Waals surface area contributed by atoms with Gasteiger partial charge in [-0.1, -0.05) is 48.9 Å². The number of aryl methyl sites for hydroxylation is 1. The minimum Gasteiger partial charge on any atom is -0.299 e. The average Bonchev–Trinajstić information content (AvgIpc) is 2.69. The molecule has 2 saturated heterocycles.